The highest BCUT2D eigenvalue weighted by Crippen LogP contribution is 2.22. The monoisotopic (exact) mass is 365 g/mol. The van der Waals surface area contributed by atoms with Gasteiger partial charge in [-0.25, -0.2) is 0 Å². The Labute approximate surface area is 153 Å². The summed E-state index contributed by atoms with van der Waals surface area (Å²) in [5.41, 5.74) is 0.679. The van der Waals surface area contributed by atoms with Crippen molar-refractivity contribution < 1.29 is 19.1 Å². The Morgan fingerprint density at radius 2 is 1.88 bits per heavy atom. The van der Waals surface area contributed by atoms with E-state index in [0.717, 1.165) is 35.4 Å². The topological polar surface area (TPSA) is 72.5 Å². The number of hydrogen-bond donors (Lipinski definition) is 1. The molecule has 0 radical (unpaired) electrons. The largest absolute Gasteiger partial charge is 0.453 e. The van der Waals surface area contributed by atoms with Crippen LogP contribution in [-0.4, -0.2) is 29.8 Å². The van der Waals surface area contributed by atoms with Crippen molar-refractivity contribution in [3.05, 3.63) is 21.4 Å². The van der Waals surface area contributed by atoms with E-state index in [2.05, 4.69) is 5.32 Å². The number of rotatable bonds is 7. The first-order valence-electron chi connectivity index (χ1n) is 8.97. The van der Waals surface area contributed by atoms with Crippen molar-refractivity contribution in [2.45, 2.75) is 77.9 Å². The number of amides is 1. The molecule has 0 spiro atoms. The van der Waals surface area contributed by atoms with Gasteiger partial charge in [0.25, 0.3) is 5.91 Å². The molecule has 1 N–H and O–H groups in total. The molecule has 0 saturated heterocycles. The van der Waals surface area contributed by atoms with Crippen molar-refractivity contribution in [2.24, 2.45) is 0 Å². The summed E-state index contributed by atoms with van der Waals surface area (Å²) in [6.45, 7) is 5.43. The fraction of sp³-hybridized carbons (Fsp3) is 0.632. The lowest BCUT2D eigenvalue weighted by atomic mass is 9.95. The van der Waals surface area contributed by atoms with Gasteiger partial charge in [-0.1, -0.05) is 19.3 Å². The molecule has 1 aliphatic rings. The predicted octanol–water partition coefficient (Wildman–Crippen LogP) is 3.71. The van der Waals surface area contributed by atoms with Gasteiger partial charge in [-0.15, -0.1) is 11.3 Å². The van der Waals surface area contributed by atoms with Gasteiger partial charge in [0.15, 0.2) is 11.9 Å². The second-order valence-corrected chi connectivity index (χ2v) is 8.19. The van der Waals surface area contributed by atoms with E-state index < -0.39 is 12.1 Å². The average molecular weight is 365 g/mol. The number of ether oxygens (including phenoxy) is 1. The zero-order valence-electron chi connectivity index (χ0n) is 15.2. The fourth-order valence-electron chi connectivity index (χ4n) is 3.13. The van der Waals surface area contributed by atoms with Gasteiger partial charge in [-0.05, 0) is 39.7 Å². The minimum absolute atomic E-state index is 0.00574. The molecule has 1 saturated carbocycles. The van der Waals surface area contributed by atoms with E-state index >= 15 is 0 Å². The highest BCUT2D eigenvalue weighted by molar-refractivity contribution is 7.12. The zero-order valence-corrected chi connectivity index (χ0v) is 16.0. The minimum Gasteiger partial charge on any atom is -0.453 e. The molecule has 0 bridgehead atoms. The van der Waals surface area contributed by atoms with Crippen molar-refractivity contribution in [3.63, 3.8) is 0 Å². The van der Waals surface area contributed by atoms with Gasteiger partial charge in [0.05, 0.1) is 6.42 Å². The Morgan fingerprint density at radius 1 is 1.20 bits per heavy atom. The van der Waals surface area contributed by atoms with Gasteiger partial charge in [-0.3, -0.25) is 14.4 Å². The van der Waals surface area contributed by atoms with E-state index in [9.17, 15) is 14.4 Å². The van der Waals surface area contributed by atoms with Crippen LogP contribution in [0.1, 0.15) is 72.0 Å². The van der Waals surface area contributed by atoms with Crippen molar-refractivity contribution >= 4 is 29.0 Å². The highest BCUT2D eigenvalue weighted by Gasteiger charge is 2.23. The maximum atomic E-state index is 12.2. The Kier molecular flexibility index (Phi) is 7.17. The molecule has 1 unspecified atom stereocenters. The van der Waals surface area contributed by atoms with E-state index in [-0.39, 0.29) is 30.6 Å². The van der Waals surface area contributed by atoms with Gasteiger partial charge >= 0.3 is 5.97 Å². The number of thiophene rings is 1. The summed E-state index contributed by atoms with van der Waals surface area (Å²) in [6.07, 6.45) is 4.72. The molecule has 25 heavy (non-hydrogen) atoms. The van der Waals surface area contributed by atoms with Gasteiger partial charge in [0.2, 0.25) is 0 Å². The lowest BCUT2D eigenvalue weighted by Gasteiger charge is -2.24. The Morgan fingerprint density at radius 3 is 2.48 bits per heavy atom. The number of carbonyl (C=O) groups excluding carboxylic acids is 3. The third-order valence-electron chi connectivity index (χ3n) is 4.53. The van der Waals surface area contributed by atoms with Crippen LogP contribution >= 0.6 is 11.3 Å². The molecule has 6 heteroatoms. The zero-order chi connectivity index (χ0) is 18.4. The molecule has 1 heterocycles. The van der Waals surface area contributed by atoms with Crippen molar-refractivity contribution in [1.29, 1.82) is 0 Å². The number of ketones is 1. The first-order chi connectivity index (χ1) is 11.9. The number of aryl methyl sites for hydroxylation is 2. The van der Waals surface area contributed by atoms with Crippen LogP contribution in [0.15, 0.2) is 6.07 Å². The van der Waals surface area contributed by atoms with E-state index in [1.807, 2.05) is 19.9 Å². The summed E-state index contributed by atoms with van der Waals surface area (Å²) in [4.78, 5) is 38.3. The lowest BCUT2D eigenvalue weighted by Crippen LogP contribution is -2.42. The summed E-state index contributed by atoms with van der Waals surface area (Å²) in [7, 11) is 0. The first-order valence-corrected chi connectivity index (χ1v) is 9.78. The molecule has 0 aliphatic heterocycles. The van der Waals surface area contributed by atoms with Crippen LogP contribution in [0.5, 0.6) is 0 Å². The normalized spacial score (nSPS) is 16.3. The second-order valence-electron chi connectivity index (χ2n) is 6.73. The fourth-order valence-corrected chi connectivity index (χ4v) is 4.08. The molecule has 138 valence electrons. The number of carbonyl (C=O) groups is 3. The molecule has 2 rings (SSSR count). The molecule has 1 aliphatic carbocycles. The highest BCUT2D eigenvalue weighted by atomic mass is 32.1. The maximum absolute atomic E-state index is 12.2. The Bertz CT molecular complexity index is 631. The van der Waals surface area contributed by atoms with E-state index in [0.29, 0.717) is 5.56 Å². The van der Waals surface area contributed by atoms with E-state index in [4.69, 9.17) is 4.74 Å². The summed E-state index contributed by atoms with van der Waals surface area (Å²) in [5, 5.41) is 2.94. The number of esters is 1. The van der Waals surface area contributed by atoms with Crippen LogP contribution in [0.25, 0.3) is 0 Å². The third kappa shape index (κ3) is 5.96. The summed E-state index contributed by atoms with van der Waals surface area (Å²) in [5.74, 6) is -0.821. The first kappa shape index (κ1) is 19.6. The molecular weight excluding hydrogens is 338 g/mol. The molecule has 1 amide bonds. The predicted molar refractivity (Wildman–Crippen MR) is 97.9 cm³/mol. The van der Waals surface area contributed by atoms with E-state index in [1.165, 1.54) is 6.42 Å². The van der Waals surface area contributed by atoms with Crippen molar-refractivity contribution in [1.82, 2.24) is 5.32 Å². The molecule has 5 nitrogen and oxygen atoms in total. The lowest BCUT2D eigenvalue weighted by molar-refractivity contribution is -0.155. The van der Waals surface area contributed by atoms with Crippen LogP contribution in [0.3, 0.4) is 0 Å². The van der Waals surface area contributed by atoms with Crippen LogP contribution in [0.4, 0.5) is 0 Å². The molecular formula is C19H27NO4S. The second kappa shape index (κ2) is 9.13. The molecule has 0 aromatic carbocycles. The summed E-state index contributed by atoms with van der Waals surface area (Å²) in [6, 6.07) is 2.04. The van der Waals surface area contributed by atoms with Crippen LogP contribution in [0, 0.1) is 13.8 Å². The van der Waals surface area contributed by atoms with Gasteiger partial charge in [-0.2, -0.15) is 0 Å². The summed E-state index contributed by atoms with van der Waals surface area (Å²) < 4.78 is 5.17. The Hall–Kier alpha value is -1.69. The number of nitrogens with one attached hydrogen (secondary N) is 1. The van der Waals surface area contributed by atoms with Crippen LogP contribution in [0.2, 0.25) is 0 Å². The molecule has 1 atom stereocenters. The standard InChI is InChI=1S/C19H27NO4S/c1-12-11-16(14(3)25-12)17(21)9-10-18(22)24-13(2)19(23)20-15-7-5-4-6-8-15/h11,13,15H,4-10H2,1-3H3,(H,20,23). The van der Waals surface area contributed by atoms with Crippen molar-refractivity contribution in [3.8, 4) is 0 Å². The van der Waals surface area contributed by atoms with Gasteiger partial charge in [0.1, 0.15) is 0 Å². The third-order valence-corrected chi connectivity index (χ3v) is 5.49. The SMILES string of the molecule is Cc1cc(C(=O)CCC(=O)OC(C)C(=O)NC2CCCCC2)c(C)s1. The average Bonchev–Trinajstić information content (AvgIpc) is 2.92. The molecule has 1 fully saturated rings. The van der Waals surface area contributed by atoms with Gasteiger partial charge in [0, 0.05) is 27.8 Å². The van der Waals surface area contributed by atoms with Crippen molar-refractivity contribution in [2.75, 3.05) is 0 Å². The summed E-state index contributed by atoms with van der Waals surface area (Å²) >= 11 is 1.57. The minimum atomic E-state index is -0.824. The number of Topliss-reactive ketones (excluding diaryl/α,β-unsaturated/α-hetero) is 1. The molecule has 1 aromatic rings. The van der Waals surface area contributed by atoms with Crippen LogP contribution < -0.4 is 5.32 Å². The van der Waals surface area contributed by atoms with Crippen LogP contribution in [-0.2, 0) is 14.3 Å². The smallest absolute Gasteiger partial charge is 0.307 e. The maximum Gasteiger partial charge on any atom is 0.307 e. The van der Waals surface area contributed by atoms with E-state index in [1.54, 1.807) is 18.3 Å². The van der Waals surface area contributed by atoms with Gasteiger partial charge < -0.3 is 10.1 Å². The number of hydrogen-bond acceptors (Lipinski definition) is 5. The Balaban J connectivity index is 1.74. The molecule has 1 aromatic heterocycles. The quantitative estimate of drug-likeness (QED) is 0.590.